The fourth-order valence-corrected chi connectivity index (χ4v) is 4.13. The Morgan fingerprint density at radius 1 is 1.45 bits per heavy atom. The number of pyridine rings is 1. The molecule has 0 aromatic carbocycles. The van der Waals surface area contributed by atoms with E-state index in [0.717, 1.165) is 19.3 Å². The van der Waals surface area contributed by atoms with Gasteiger partial charge >= 0.3 is 0 Å². The molecule has 0 spiro atoms. The van der Waals surface area contributed by atoms with E-state index in [9.17, 15) is 8.42 Å². The predicted octanol–water partition coefficient (Wildman–Crippen LogP) is 2.46. The second-order valence-electron chi connectivity index (χ2n) is 5.31. The summed E-state index contributed by atoms with van der Waals surface area (Å²) >= 11 is 6.00. The molecule has 0 bridgehead atoms. The van der Waals surface area contributed by atoms with Gasteiger partial charge in [0, 0.05) is 12.7 Å². The summed E-state index contributed by atoms with van der Waals surface area (Å²) in [5.41, 5.74) is 0.662. The first kappa shape index (κ1) is 13.9. The molecule has 2 aromatic heterocycles. The molecule has 108 valence electrons. The molecule has 0 amide bonds. The number of fused-ring (bicyclic) bond motifs is 1. The Hall–Kier alpha value is -1.11. The van der Waals surface area contributed by atoms with Crippen LogP contribution in [-0.2, 0) is 10.0 Å². The van der Waals surface area contributed by atoms with Crippen LogP contribution in [0.25, 0.3) is 5.65 Å². The lowest BCUT2D eigenvalue weighted by atomic mass is 10.1. The molecule has 0 aliphatic heterocycles. The molecule has 7 heteroatoms. The van der Waals surface area contributed by atoms with Crippen LogP contribution in [0.15, 0.2) is 29.4 Å². The highest BCUT2D eigenvalue weighted by atomic mass is 35.5. The van der Waals surface area contributed by atoms with Gasteiger partial charge in [-0.05, 0) is 36.8 Å². The smallest absolute Gasteiger partial charge is 0.259 e. The number of hydrogen-bond acceptors (Lipinski definition) is 3. The van der Waals surface area contributed by atoms with Crippen LogP contribution in [0, 0.1) is 5.41 Å². The first-order chi connectivity index (χ1) is 9.47. The van der Waals surface area contributed by atoms with Gasteiger partial charge in [0.2, 0.25) is 0 Å². The maximum atomic E-state index is 12.5. The summed E-state index contributed by atoms with van der Waals surface area (Å²) < 4.78 is 29.1. The second kappa shape index (κ2) is 4.72. The van der Waals surface area contributed by atoms with Crippen LogP contribution >= 0.6 is 11.6 Å². The summed E-state index contributed by atoms with van der Waals surface area (Å²) in [5.74, 6) is 0. The first-order valence-corrected chi connectivity index (χ1v) is 8.46. The fourth-order valence-electron chi connectivity index (χ4n) is 2.33. The van der Waals surface area contributed by atoms with Crippen molar-refractivity contribution in [3.63, 3.8) is 0 Å². The van der Waals surface area contributed by atoms with Crippen molar-refractivity contribution >= 4 is 27.3 Å². The van der Waals surface area contributed by atoms with Gasteiger partial charge in [0.25, 0.3) is 10.0 Å². The third-order valence-electron chi connectivity index (χ3n) is 4.05. The Morgan fingerprint density at radius 2 is 2.20 bits per heavy atom. The number of sulfonamides is 1. The molecule has 1 aliphatic carbocycles. The van der Waals surface area contributed by atoms with Gasteiger partial charge in [-0.1, -0.05) is 24.6 Å². The van der Waals surface area contributed by atoms with Gasteiger partial charge in [0.05, 0.1) is 0 Å². The van der Waals surface area contributed by atoms with Crippen LogP contribution in [0.4, 0.5) is 0 Å². The predicted molar refractivity (Wildman–Crippen MR) is 77.3 cm³/mol. The van der Waals surface area contributed by atoms with E-state index in [-0.39, 0.29) is 15.6 Å². The molecule has 1 fully saturated rings. The van der Waals surface area contributed by atoms with Crippen molar-refractivity contribution in [2.45, 2.75) is 31.2 Å². The van der Waals surface area contributed by atoms with Crippen molar-refractivity contribution in [2.24, 2.45) is 5.41 Å². The SMILES string of the molecule is CCC1(CNS(=O)(=O)c2c(Cl)nc3ccccn23)CC1. The number of hydrogen-bond donors (Lipinski definition) is 1. The van der Waals surface area contributed by atoms with Gasteiger partial charge in [-0.3, -0.25) is 4.40 Å². The maximum absolute atomic E-state index is 12.5. The fraction of sp³-hybridized carbons (Fsp3) is 0.462. The maximum Gasteiger partial charge on any atom is 0.259 e. The Morgan fingerprint density at radius 3 is 2.85 bits per heavy atom. The molecule has 2 aromatic rings. The van der Waals surface area contributed by atoms with Crippen LogP contribution in [-0.4, -0.2) is 24.3 Å². The molecular formula is C13H16ClN3O2S. The number of aromatic nitrogens is 2. The molecule has 5 nitrogen and oxygen atoms in total. The van der Waals surface area contributed by atoms with Gasteiger partial charge in [0.15, 0.2) is 10.2 Å². The van der Waals surface area contributed by atoms with E-state index in [4.69, 9.17) is 11.6 Å². The zero-order valence-electron chi connectivity index (χ0n) is 11.1. The van der Waals surface area contributed by atoms with Crippen molar-refractivity contribution in [3.8, 4) is 0 Å². The minimum absolute atomic E-state index is 0.00467. The van der Waals surface area contributed by atoms with Crippen molar-refractivity contribution in [2.75, 3.05) is 6.54 Å². The number of rotatable bonds is 5. The summed E-state index contributed by atoms with van der Waals surface area (Å²) in [7, 11) is -3.66. The average Bonchev–Trinajstić information content (AvgIpc) is 3.12. The molecule has 3 rings (SSSR count). The second-order valence-corrected chi connectivity index (χ2v) is 7.35. The number of imidazole rings is 1. The molecule has 0 saturated heterocycles. The van der Waals surface area contributed by atoms with Crippen molar-refractivity contribution in [3.05, 3.63) is 29.5 Å². The number of nitrogens with zero attached hydrogens (tertiary/aromatic N) is 2. The van der Waals surface area contributed by atoms with Gasteiger partial charge in [0.1, 0.15) is 5.65 Å². The largest absolute Gasteiger partial charge is 0.288 e. The lowest BCUT2D eigenvalue weighted by molar-refractivity contribution is 0.475. The highest BCUT2D eigenvalue weighted by Gasteiger charge is 2.41. The summed E-state index contributed by atoms with van der Waals surface area (Å²) in [6.07, 6.45) is 4.78. The van der Waals surface area contributed by atoms with Crippen molar-refractivity contribution in [1.29, 1.82) is 0 Å². The quantitative estimate of drug-likeness (QED) is 0.922. The lowest BCUT2D eigenvalue weighted by Gasteiger charge is -2.13. The van der Waals surface area contributed by atoms with E-state index < -0.39 is 10.0 Å². The molecule has 0 radical (unpaired) electrons. The van der Waals surface area contributed by atoms with Crippen LogP contribution in [0.3, 0.4) is 0 Å². The molecule has 2 heterocycles. The topological polar surface area (TPSA) is 63.5 Å². The van der Waals surface area contributed by atoms with Crippen LogP contribution in [0.1, 0.15) is 26.2 Å². The third kappa shape index (κ3) is 2.32. The van der Waals surface area contributed by atoms with Gasteiger partial charge < -0.3 is 0 Å². The zero-order valence-corrected chi connectivity index (χ0v) is 12.7. The Balaban J connectivity index is 1.95. The molecule has 1 aliphatic rings. The van der Waals surface area contributed by atoms with Crippen molar-refractivity contribution < 1.29 is 8.42 Å². The number of halogens is 1. The summed E-state index contributed by atoms with van der Waals surface area (Å²) in [6, 6.07) is 5.26. The first-order valence-electron chi connectivity index (χ1n) is 6.60. The molecular weight excluding hydrogens is 298 g/mol. The standard InChI is InChI=1S/C13H16ClN3O2S/c1-2-13(6-7-13)9-15-20(18,19)12-11(14)16-10-5-3-4-8-17(10)12/h3-5,8,15H,2,6-7,9H2,1H3. The van der Waals surface area contributed by atoms with E-state index in [1.165, 1.54) is 4.40 Å². The van der Waals surface area contributed by atoms with E-state index in [1.54, 1.807) is 24.4 Å². The highest BCUT2D eigenvalue weighted by molar-refractivity contribution is 7.89. The van der Waals surface area contributed by atoms with Crippen molar-refractivity contribution in [1.82, 2.24) is 14.1 Å². The van der Waals surface area contributed by atoms with Crippen LogP contribution < -0.4 is 4.72 Å². The molecule has 1 N–H and O–H groups in total. The molecule has 0 unspecified atom stereocenters. The Labute approximate surface area is 123 Å². The van der Waals surface area contributed by atoms with Gasteiger partial charge in [-0.25, -0.2) is 18.1 Å². The van der Waals surface area contributed by atoms with Crippen LogP contribution in [0.5, 0.6) is 0 Å². The van der Waals surface area contributed by atoms with Gasteiger partial charge in [-0.15, -0.1) is 0 Å². The Kier molecular flexibility index (Phi) is 3.27. The highest BCUT2D eigenvalue weighted by Crippen LogP contribution is 2.48. The van der Waals surface area contributed by atoms with E-state index in [1.807, 2.05) is 0 Å². The monoisotopic (exact) mass is 313 g/mol. The third-order valence-corrected chi connectivity index (χ3v) is 5.84. The normalized spacial score (nSPS) is 17.5. The molecule has 0 atom stereocenters. The lowest BCUT2D eigenvalue weighted by Crippen LogP contribution is -2.31. The van der Waals surface area contributed by atoms with Crippen LogP contribution in [0.2, 0.25) is 5.15 Å². The van der Waals surface area contributed by atoms with Gasteiger partial charge in [-0.2, -0.15) is 0 Å². The minimum Gasteiger partial charge on any atom is -0.288 e. The summed E-state index contributed by atoms with van der Waals surface area (Å²) in [5, 5.41) is 0.0201. The summed E-state index contributed by atoms with van der Waals surface area (Å²) in [6.45, 7) is 2.55. The average molecular weight is 314 g/mol. The van der Waals surface area contributed by atoms with E-state index in [2.05, 4.69) is 16.6 Å². The minimum atomic E-state index is -3.66. The summed E-state index contributed by atoms with van der Waals surface area (Å²) in [4.78, 5) is 4.07. The molecule has 20 heavy (non-hydrogen) atoms. The number of nitrogens with one attached hydrogen (secondary N) is 1. The molecule has 1 saturated carbocycles. The van der Waals surface area contributed by atoms with E-state index in [0.29, 0.717) is 12.2 Å². The Bertz CT molecular complexity index is 750. The zero-order chi connectivity index (χ0) is 14.4. The van der Waals surface area contributed by atoms with E-state index >= 15 is 0 Å².